The van der Waals surface area contributed by atoms with E-state index in [2.05, 4.69) is 5.32 Å². The van der Waals surface area contributed by atoms with E-state index < -0.39 is 48.3 Å². The van der Waals surface area contributed by atoms with Gasteiger partial charge in [0.2, 0.25) is 11.8 Å². The molecule has 152 valence electrons. The number of carboxylic acid groups (broad SMARTS) is 2. The summed E-state index contributed by atoms with van der Waals surface area (Å²) in [6.07, 6.45) is 0.187. The molecule has 0 unspecified atom stereocenters. The molecule has 28 heavy (non-hydrogen) atoms. The maximum Gasteiger partial charge on any atom is 0.326 e. The number of rotatable bonds is 8. The van der Waals surface area contributed by atoms with Gasteiger partial charge >= 0.3 is 11.9 Å². The summed E-state index contributed by atoms with van der Waals surface area (Å²) in [6, 6.07) is 2.56. The Kier molecular flexibility index (Phi) is 6.94. The van der Waals surface area contributed by atoms with Gasteiger partial charge in [0.05, 0.1) is 12.5 Å². The molecule has 0 radical (unpaired) electrons. The number of carbonyl (C=O) groups is 4. The topological polar surface area (TPSA) is 170 Å². The first-order valence-electron chi connectivity index (χ1n) is 8.78. The second-order valence-electron chi connectivity index (χ2n) is 6.66. The predicted octanol–water partition coefficient (Wildman–Crippen LogP) is -0.703. The number of amides is 2. The number of nitrogens with one attached hydrogen (secondary N) is 1. The molecule has 2 rings (SSSR count). The van der Waals surface area contributed by atoms with Gasteiger partial charge in [-0.2, -0.15) is 0 Å². The van der Waals surface area contributed by atoms with Crippen LogP contribution in [0.25, 0.3) is 0 Å². The van der Waals surface area contributed by atoms with E-state index in [0.29, 0.717) is 12.0 Å². The molecule has 0 aliphatic carbocycles. The van der Waals surface area contributed by atoms with Crippen molar-refractivity contribution in [1.29, 1.82) is 0 Å². The molecule has 2 amide bonds. The minimum Gasteiger partial charge on any atom is -0.508 e. The molecule has 1 saturated heterocycles. The number of carboxylic acids is 2. The SMILES string of the molecule is N[C@@H](Cc1ccc(O)cc1)C(=O)N[C@@H](CC(=O)O)C(=O)N1CCC[C@H]1C(=O)O. The van der Waals surface area contributed by atoms with Crippen molar-refractivity contribution in [1.82, 2.24) is 10.2 Å². The zero-order valence-electron chi connectivity index (χ0n) is 15.1. The minimum absolute atomic E-state index is 0.0625. The zero-order valence-corrected chi connectivity index (χ0v) is 15.1. The number of aliphatic carboxylic acids is 2. The molecule has 0 bridgehead atoms. The quantitative estimate of drug-likeness (QED) is 0.386. The normalized spacial score (nSPS) is 18.3. The van der Waals surface area contributed by atoms with Gasteiger partial charge in [-0.3, -0.25) is 14.4 Å². The maximum atomic E-state index is 12.7. The fourth-order valence-electron chi connectivity index (χ4n) is 3.12. The Morgan fingerprint density at radius 1 is 1.18 bits per heavy atom. The first-order chi connectivity index (χ1) is 13.2. The third kappa shape index (κ3) is 5.43. The standard InChI is InChI=1S/C18H23N3O7/c19-12(8-10-3-5-11(22)6-4-10)16(25)20-13(9-15(23)24)17(26)21-7-1-2-14(21)18(27)28/h3-6,12-14,22H,1-2,7-9,19H2,(H,20,25)(H,23,24)(H,27,28)/t12-,13-,14-/m0/s1. The number of likely N-dealkylation sites (tertiary alicyclic amines) is 1. The molecular formula is C18H23N3O7. The molecule has 1 aliphatic rings. The highest BCUT2D eigenvalue weighted by Crippen LogP contribution is 2.19. The Morgan fingerprint density at radius 3 is 2.39 bits per heavy atom. The van der Waals surface area contributed by atoms with Gasteiger partial charge in [0.1, 0.15) is 17.8 Å². The van der Waals surface area contributed by atoms with Crippen molar-refractivity contribution in [2.75, 3.05) is 6.54 Å². The van der Waals surface area contributed by atoms with Crippen LogP contribution in [0.4, 0.5) is 0 Å². The van der Waals surface area contributed by atoms with Crippen molar-refractivity contribution in [3.05, 3.63) is 29.8 Å². The van der Waals surface area contributed by atoms with Gasteiger partial charge in [-0.05, 0) is 37.0 Å². The summed E-state index contributed by atoms with van der Waals surface area (Å²) in [5, 5.41) is 29.9. The van der Waals surface area contributed by atoms with Crippen molar-refractivity contribution in [3.63, 3.8) is 0 Å². The highest BCUT2D eigenvalue weighted by Gasteiger charge is 2.38. The summed E-state index contributed by atoms with van der Waals surface area (Å²) in [6.45, 7) is 0.182. The van der Waals surface area contributed by atoms with E-state index >= 15 is 0 Å². The molecule has 0 aromatic heterocycles. The van der Waals surface area contributed by atoms with Crippen LogP contribution in [-0.4, -0.2) is 68.6 Å². The smallest absolute Gasteiger partial charge is 0.326 e. The van der Waals surface area contributed by atoms with Gasteiger partial charge in [0.15, 0.2) is 0 Å². The maximum absolute atomic E-state index is 12.7. The average molecular weight is 393 g/mol. The van der Waals surface area contributed by atoms with E-state index in [1.165, 1.54) is 12.1 Å². The highest BCUT2D eigenvalue weighted by molar-refractivity contribution is 5.94. The summed E-state index contributed by atoms with van der Waals surface area (Å²) in [5.74, 6) is -3.89. The van der Waals surface area contributed by atoms with Gasteiger partial charge in [-0.15, -0.1) is 0 Å². The lowest BCUT2D eigenvalue weighted by molar-refractivity contribution is -0.150. The second kappa shape index (κ2) is 9.18. The lowest BCUT2D eigenvalue weighted by Crippen LogP contribution is -2.55. The Morgan fingerprint density at radius 2 is 1.82 bits per heavy atom. The second-order valence-corrected chi connectivity index (χ2v) is 6.66. The van der Waals surface area contributed by atoms with Crippen LogP contribution in [-0.2, 0) is 25.6 Å². The Labute approximate surface area is 160 Å². The third-order valence-electron chi connectivity index (χ3n) is 4.54. The number of hydrogen-bond acceptors (Lipinski definition) is 6. The third-order valence-corrected chi connectivity index (χ3v) is 4.54. The van der Waals surface area contributed by atoms with Gasteiger partial charge in [-0.25, -0.2) is 4.79 Å². The van der Waals surface area contributed by atoms with Crippen LogP contribution < -0.4 is 11.1 Å². The Bertz CT molecular complexity index is 750. The van der Waals surface area contributed by atoms with E-state index in [4.69, 9.17) is 10.8 Å². The van der Waals surface area contributed by atoms with Gasteiger partial charge < -0.3 is 31.3 Å². The van der Waals surface area contributed by atoms with Crippen molar-refractivity contribution in [2.45, 2.75) is 43.8 Å². The van der Waals surface area contributed by atoms with E-state index in [1.54, 1.807) is 12.1 Å². The molecule has 1 fully saturated rings. The fourth-order valence-corrected chi connectivity index (χ4v) is 3.12. The molecule has 6 N–H and O–H groups in total. The lowest BCUT2D eigenvalue weighted by atomic mass is 10.0. The molecule has 1 aromatic rings. The summed E-state index contributed by atoms with van der Waals surface area (Å²) < 4.78 is 0. The van der Waals surface area contributed by atoms with E-state index in [-0.39, 0.29) is 25.1 Å². The van der Waals surface area contributed by atoms with Crippen LogP contribution in [0.3, 0.4) is 0 Å². The van der Waals surface area contributed by atoms with E-state index in [0.717, 1.165) is 4.90 Å². The van der Waals surface area contributed by atoms with Crippen LogP contribution in [0.1, 0.15) is 24.8 Å². The van der Waals surface area contributed by atoms with Gasteiger partial charge in [0.25, 0.3) is 0 Å². The summed E-state index contributed by atoms with van der Waals surface area (Å²) in [7, 11) is 0. The first kappa shape index (κ1) is 21.2. The number of nitrogens with zero attached hydrogens (tertiary/aromatic N) is 1. The summed E-state index contributed by atoms with van der Waals surface area (Å²) in [5.41, 5.74) is 6.53. The number of phenolic OH excluding ortho intramolecular Hbond substituents is 1. The van der Waals surface area contributed by atoms with Gasteiger partial charge in [-0.1, -0.05) is 12.1 Å². The van der Waals surface area contributed by atoms with E-state index in [1.807, 2.05) is 0 Å². The lowest BCUT2D eigenvalue weighted by Gasteiger charge is -2.27. The monoisotopic (exact) mass is 393 g/mol. The highest BCUT2D eigenvalue weighted by atomic mass is 16.4. The van der Waals surface area contributed by atoms with E-state index in [9.17, 15) is 29.4 Å². The Hall–Kier alpha value is -3.14. The van der Waals surface area contributed by atoms with Crippen molar-refractivity contribution >= 4 is 23.8 Å². The van der Waals surface area contributed by atoms with Crippen molar-refractivity contribution in [2.24, 2.45) is 5.73 Å². The molecule has 1 heterocycles. The summed E-state index contributed by atoms with van der Waals surface area (Å²) >= 11 is 0. The van der Waals surface area contributed by atoms with Crippen molar-refractivity contribution < 1.29 is 34.5 Å². The molecule has 1 aliphatic heterocycles. The first-order valence-corrected chi connectivity index (χ1v) is 8.78. The zero-order chi connectivity index (χ0) is 20.8. The fraction of sp³-hybridized carbons (Fsp3) is 0.444. The molecule has 10 nitrogen and oxygen atoms in total. The van der Waals surface area contributed by atoms with Crippen molar-refractivity contribution in [3.8, 4) is 5.75 Å². The van der Waals surface area contributed by atoms with Gasteiger partial charge in [0, 0.05) is 6.54 Å². The predicted molar refractivity (Wildman–Crippen MR) is 96.3 cm³/mol. The Balaban J connectivity index is 2.06. The summed E-state index contributed by atoms with van der Waals surface area (Å²) in [4.78, 5) is 48.5. The average Bonchev–Trinajstić information content (AvgIpc) is 3.12. The molecule has 3 atom stereocenters. The van der Waals surface area contributed by atoms with Crippen LogP contribution in [0, 0.1) is 0 Å². The van der Waals surface area contributed by atoms with Crippen LogP contribution >= 0.6 is 0 Å². The molecule has 0 saturated carbocycles. The minimum atomic E-state index is -1.41. The number of nitrogens with two attached hydrogens (primary N) is 1. The number of hydrogen-bond donors (Lipinski definition) is 5. The van der Waals surface area contributed by atoms with Crippen LogP contribution in [0.2, 0.25) is 0 Å². The molecule has 1 aromatic carbocycles. The number of carbonyl (C=O) groups excluding carboxylic acids is 2. The molecule has 0 spiro atoms. The van der Waals surface area contributed by atoms with Crippen LogP contribution in [0.15, 0.2) is 24.3 Å². The molecule has 10 heteroatoms. The number of aromatic hydroxyl groups is 1. The number of benzene rings is 1. The largest absolute Gasteiger partial charge is 0.508 e. The van der Waals surface area contributed by atoms with Crippen LogP contribution in [0.5, 0.6) is 5.75 Å². The molecular weight excluding hydrogens is 370 g/mol. The number of phenols is 1.